The molecule has 0 saturated heterocycles. The van der Waals surface area contributed by atoms with Crippen LogP contribution in [-0.4, -0.2) is 35.9 Å². The summed E-state index contributed by atoms with van der Waals surface area (Å²) in [5.41, 5.74) is 0. The van der Waals surface area contributed by atoms with Gasteiger partial charge in [-0.25, -0.2) is 0 Å². The van der Waals surface area contributed by atoms with Crippen molar-refractivity contribution in [3.05, 3.63) is 0 Å². The van der Waals surface area contributed by atoms with Crippen LogP contribution in [0.25, 0.3) is 0 Å². The van der Waals surface area contributed by atoms with Gasteiger partial charge < -0.3 is 0 Å². The fraction of sp³-hybridized carbons (Fsp3) is 1.00. The Morgan fingerprint density at radius 2 is 1.81 bits per heavy atom. The van der Waals surface area contributed by atoms with E-state index in [1.807, 2.05) is 6.92 Å². The summed E-state index contributed by atoms with van der Waals surface area (Å²) >= 11 is 1.43. The Morgan fingerprint density at radius 1 is 1.25 bits per heavy atom. The zero-order valence-electron chi connectivity index (χ0n) is 11.1. The van der Waals surface area contributed by atoms with Gasteiger partial charge in [-0.3, -0.25) is 4.90 Å². The molecule has 96 valence electrons. The van der Waals surface area contributed by atoms with Crippen molar-refractivity contribution in [1.82, 2.24) is 4.90 Å². The van der Waals surface area contributed by atoms with E-state index in [0.29, 0.717) is 18.7 Å². The lowest BCUT2D eigenvalue weighted by Gasteiger charge is -2.30. The van der Waals surface area contributed by atoms with Crippen molar-refractivity contribution >= 4 is 18.6 Å². The number of hydrogen-bond donors (Lipinski definition) is 0. The lowest BCUT2D eigenvalue weighted by Crippen LogP contribution is -2.37. The molecule has 16 heavy (non-hydrogen) atoms. The Morgan fingerprint density at radius 3 is 2.25 bits per heavy atom. The Balaban J connectivity index is 3.67. The molecule has 0 aliphatic rings. The molecule has 1 unspecified atom stereocenters. The van der Waals surface area contributed by atoms with Gasteiger partial charge in [-0.2, -0.15) is 0 Å². The van der Waals surface area contributed by atoms with E-state index in [9.17, 15) is 4.57 Å². The van der Waals surface area contributed by atoms with Crippen molar-refractivity contribution in [3.63, 3.8) is 0 Å². The second-order valence-electron chi connectivity index (χ2n) is 4.25. The summed E-state index contributed by atoms with van der Waals surface area (Å²) in [7, 11) is -1.49. The highest BCUT2D eigenvalue weighted by atomic mass is 32.7. The van der Waals surface area contributed by atoms with Crippen molar-refractivity contribution in [3.8, 4) is 0 Å². The summed E-state index contributed by atoms with van der Waals surface area (Å²) in [4.78, 5) is 2.45. The minimum Gasteiger partial charge on any atom is -0.299 e. The van der Waals surface area contributed by atoms with Crippen LogP contribution in [0.4, 0.5) is 0 Å². The van der Waals surface area contributed by atoms with Crippen LogP contribution in [0.1, 0.15) is 41.0 Å². The molecule has 0 aliphatic heterocycles. The van der Waals surface area contributed by atoms with Gasteiger partial charge in [-0.15, -0.1) is 4.52 Å². The zero-order valence-corrected chi connectivity index (χ0v) is 12.8. The maximum Gasteiger partial charge on any atom is 0.585 e. The Labute approximate surface area is 105 Å². The molecular weight excluding hydrogens is 241 g/mol. The molecule has 5 heteroatoms. The van der Waals surface area contributed by atoms with Gasteiger partial charge in [0.2, 0.25) is 0 Å². The average Bonchev–Trinajstić information content (AvgIpc) is 2.16. The van der Waals surface area contributed by atoms with E-state index in [1.165, 1.54) is 11.4 Å². The molecule has 0 aromatic rings. The van der Waals surface area contributed by atoms with E-state index in [-0.39, 0.29) is 0 Å². The lowest BCUT2D eigenvalue weighted by molar-refractivity contribution is 0.176. The van der Waals surface area contributed by atoms with Gasteiger partial charge in [-0.05, 0) is 52.1 Å². The van der Waals surface area contributed by atoms with E-state index >= 15 is 0 Å². The monoisotopic (exact) mass is 266 g/mol. The van der Waals surface area contributed by atoms with Gasteiger partial charge in [0.25, 0.3) is 0 Å². The van der Waals surface area contributed by atoms with Gasteiger partial charge in [0.15, 0.2) is 11.4 Å². The van der Waals surface area contributed by atoms with E-state index in [4.69, 9.17) is 4.52 Å². The molecule has 0 N–H and O–H groups in total. The van der Waals surface area contributed by atoms with Crippen LogP contribution in [0.15, 0.2) is 0 Å². The molecule has 0 aliphatic carbocycles. The highest BCUT2D eigenvalue weighted by Gasteiger charge is 2.19. The van der Waals surface area contributed by atoms with Crippen LogP contribution in [0.5, 0.6) is 0 Å². The molecular formula is C11H25NO2PS+. The van der Waals surface area contributed by atoms with E-state index in [1.54, 1.807) is 0 Å². The first-order chi connectivity index (χ1) is 7.49. The maximum atomic E-state index is 11.2. The van der Waals surface area contributed by atoms with Gasteiger partial charge in [-0.1, -0.05) is 0 Å². The van der Waals surface area contributed by atoms with Gasteiger partial charge in [0.05, 0.1) is 0 Å². The lowest BCUT2D eigenvalue weighted by atomic mass is 10.2. The predicted octanol–water partition coefficient (Wildman–Crippen LogP) is 3.92. The maximum absolute atomic E-state index is 11.2. The summed E-state index contributed by atoms with van der Waals surface area (Å²) in [6, 6.07) is 1.15. The third-order valence-corrected chi connectivity index (χ3v) is 4.97. The summed E-state index contributed by atoms with van der Waals surface area (Å²) in [5.74, 6) is 0.908. The first-order valence-corrected chi connectivity index (χ1v) is 8.74. The first kappa shape index (κ1) is 16.4. The topological polar surface area (TPSA) is 29.5 Å². The van der Waals surface area contributed by atoms with Crippen LogP contribution in [0.3, 0.4) is 0 Å². The number of nitrogens with zero attached hydrogens (tertiary/aromatic N) is 1. The largest absolute Gasteiger partial charge is 0.585 e. The van der Waals surface area contributed by atoms with Crippen molar-refractivity contribution in [1.29, 1.82) is 0 Å². The van der Waals surface area contributed by atoms with Crippen LogP contribution in [0, 0.1) is 0 Å². The molecule has 0 heterocycles. The molecule has 0 bridgehead atoms. The minimum absolute atomic E-state index is 0.534. The van der Waals surface area contributed by atoms with Crippen LogP contribution in [0.2, 0.25) is 0 Å². The van der Waals surface area contributed by atoms with Crippen molar-refractivity contribution in [2.75, 3.05) is 18.9 Å². The van der Waals surface area contributed by atoms with Gasteiger partial charge >= 0.3 is 7.23 Å². The summed E-state index contributed by atoms with van der Waals surface area (Å²) < 4.78 is 16.2. The highest BCUT2D eigenvalue weighted by Crippen LogP contribution is 2.38. The molecule has 0 fully saturated rings. The highest BCUT2D eigenvalue weighted by molar-refractivity contribution is 8.50. The van der Waals surface area contributed by atoms with E-state index in [2.05, 4.69) is 32.6 Å². The second kappa shape index (κ2) is 9.41. The molecule has 0 aromatic heterocycles. The van der Waals surface area contributed by atoms with E-state index < -0.39 is 7.23 Å². The standard InChI is InChI=1S/C11H25NO2PS/c1-6-14-15(13)16-9-7-8-12(10(2)3)11(4)5/h10-11H,6-9H2,1-5H3/q+1. The fourth-order valence-corrected chi connectivity index (χ4v) is 3.71. The summed E-state index contributed by atoms with van der Waals surface area (Å²) in [6.07, 6.45) is 1.06. The minimum atomic E-state index is -1.49. The molecule has 0 spiro atoms. The quantitative estimate of drug-likeness (QED) is 0.467. The van der Waals surface area contributed by atoms with Crippen LogP contribution < -0.4 is 0 Å². The van der Waals surface area contributed by atoms with Crippen molar-refractivity contribution in [2.24, 2.45) is 0 Å². The molecule has 0 aromatic carbocycles. The summed E-state index contributed by atoms with van der Waals surface area (Å²) in [5, 5.41) is 0. The van der Waals surface area contributed by atoms with Crippen molar-refractivity contribution < 1.29 is 9.09 Å². The van der Waals surface area contributed by atoms with Gasteiger partial charge in [0, 0.05) is 17.8 Å². The van der Waals surface area contributed by atoms with Gasteiger partial charge in [0.1, 0.15) is 6.61 Å². The SMILES string of the molecule is CCO[P+](=O)SCCCN(C(C)C)C(C)C. The molecule has 0 rings (SSSR count). The third-order valence-electron chi connectivity index (χ3n) is 2.32. The van der Waals surface area contributed by atoms with E-state index in [0.717, 1.165) is 18.7 Å². The first-order valence-electron chi connectivity index (χ1n) is 5.97. The molecule has 0 radical (unpaired) electrons. The number of hydrogen-bond acceptors (Lipinski definition) is 4. The predicted molar refractivity (Wildman–Crippen MR) is 73.3 cm³/mol. The fourth-order valence-electron chi connectivity index (χ4n) is 1.64. The second-order valence-corrected chi connectivity index (χ2v) is 7.29. The van der Waals surface area contributed by atoms with Crippen LogP contribution >= 0.6 is 18.6 Å². The smallest absolute Gasteiger partial charge is 0.299 e. The Hall–Kier alpha value is 0.370. The zero-order chi connectivity index (χ0) is 12.6. The molecule has 3 nitrogen and oxygen atoms in total. The van der Waals surface area contributed by atoms with Crippen LogP contribution in [-0.2, 0) is 9.09 Å². The normalized spacial score (nSPS) is 12.9. The Bertz CT molecular complexity index is 192. The molecule has 0 saturated carbocycles. The number of rotatable bonds is 9. The third kappa shape index (κ3) is 7.61. The molecule has 1 atom stereocenters. The summed E-state index contributed by atoms with van der Waals surface area (Å²) in [6.45, 7) is 12.3. The Kier molecular flexibility index (Phi) is 9.62. The average molecular weight is 266 g/mol. The molecule has 0 amide bonds. The van der Waals surface area contributed by atoms with Crippen molar-refractivity contribution in [2.45, 2.75) is 53.1 Å².